The van der Waals surface area contributed by atoms with E-state index in [1.54, 1.807) is 0 Å². The summed E-state index contributed by atoms with van der Waals surface area (Å²) in [6, 6.07) is 3.93. The summed E-state index contributed by atoms with van der Waals surface area (Å²) in [7, 11) is 0. The van der Waals surface area contributed by atoms with Crippen LogP contribution in [0, 0.1) is 5.95 Å². The smallest absolute Gasteiger partial charge is 0.337 e. The number of carboxylic acid groups (broad SMARTS) is 1. The molecule has 19 heavy (non-hydrogen) atoms. The normalized spacial score (nSPS) is 10.5. The summed E-state index contributed by atoms with van der Waals surface area (Å²) < 4.78 is 13.7. The number of nitrogens with zero attached hydrogens (tertiary/aromatic N) is 1. The van der Waals surface area contributed by atoms with Gasteiger partial charge in [-0.25, -0.2) is 9.78 Å². The number of pyridine rings is 1. The Labute approximate surface area is 122 Å². The van der Waals surface area contributed by atoms with Crippen molar-refractivity contribution in [1.29, 1.82) is 0 Å². The van der Waals surface area contributed by atoms with E-state index in [1.807, 2.05) is 0 Å². The molecule has 98 valence electrons. The van der Waals surface area contributed by atoms with Gasteiger partial charge in [0, 0.05) is 11.8 Å². The highest BCUT2D eigenvalue weighted by molar-refractivity contribution is 6.48. The molecular weight excluding hydrogens is 315 g/mol. The molecule has 0 bridgehead atoms. The number of benzene rings is 1. The molecule has 0 spiro atoms. The van der Waals surface area contributed by atoms with Crippen LogP contribution in [0.1, 0.15) is 10.4 Å². The number of rotatable bonds is 2. The van der Waals surface area contributed by atoms with Crippen molar-refractivity contribution in [2.75, 3.05) is 0 Å². The fourth-order valence-corrected chi connectivity index (χ4v) is 2.07. The van der Waals surface area contributed by atoms with Crippen molar-refractivity contribution in [2.24, 2.45) is 0 Å². The van der Waals surface area contributed by atoms with Crippen molar-refractivity contribution >= 4 is 40.8 Å². The Hall–Kier alpha value is -1.36. The molecule has 0 unspecified atom stereocenters. The number of aromatic nitrogens is 1. The Bertz CT molecular complexity index is 653. The van der Waals surface area contributed by atoms with Crippen LogP contribution in [0.3, 0.4) is 0 Å². The van der Waals surface area contributed by atoms with E-state index in [2.05, 4.69) is 4.98 Å². The Morgan fingerprint density at radius 3 is 2.26 bits per heavy atom. The summed E-state index contributed by atoms with van der Waals surface area (Å²) >= 11 is 17.5. The van der Waals surface area contributed by atoms with Gasteiger partial charge >= 0.3 is 5.97 Å². The van der Waals surface area contributed by atoms with Crippen molar-refractivity contribution in [1.82, 2.24) is 4.98 Å². The molecule has 2 aromatic rings. The largest absolute Gasteiger partial charge is 0.478 e. The minimum atomic E-state index is -1.21. The first kappa shape index (κ1) is 14.1. The number of halogens is 4. The molecule has 7 heteroatoms. The number of carboxylic acids is 1. The molecule has 0 atom stereocenters. The lowest BCUT2D eigenvalue weighted by atomic mass is 10.1. The maximum absolute atomic E-state index is 13.7. The second-order valence-electron chi connectivity index (χ2n) is 3.62. The first-order chi connectivity index (χ1) is 8.90. The van der Waals surface area contributed by atoms with E-state index in [0.29, 0.717) is 5.56 Å². The highest BCUT2D eigenvalue weighted by atomic mass is 35.5. The van der Waals surface area contributed by atoms with Crippen molar-refractivity contribution in [3.8, 4) is 11.1 Å². The van der Waals surface area contributed by atoms with Crippen LogP contribution in [0.2, 0.25) is 15.1 Å². The zero-order valence-corrected chi connectivity index (χ0v) is 11.4. The Balaban J connectivity index is 2.64. The van der Waals surface area contributed by atoms with Crippen LogP contribution < -0.4 is 0 Å². The average Bonchev–Trinajstić information content (AvgIpc) is 2.35. The minimum absolute atomic E-state index is 0.0135. The van der Waals surface area contributed by atoms with E-state index < -0.39 is 11.9 Å². The van der Waals surface area contributed by atoms with Gasteiger partial charge < -0.3 is 5.11 Å². The van der Waals surface area contributed by atoms with E-state index in [9.17, 15) is 9.18 Å². The van der Waals surface area contributed by atoms with Gasteiger partial charge in [0.15, 0.2) is 0 Å². The number of hydrogen-bond acceptors (Lipinski definition) is 2. The summed E-state index contributed by atoms with van der Waals surface area (Å²) in [5.41, 5.74) is 0.145. The molecule has 0 aliphatic heterocycles. The van der Waals surface area contributed by atoms with E-state index in [1.165, 1.54) is 12.1 Å². The Morgan fingerprint density at radius 1 is 1.16 bits per heavy atom. The predicted octanol–water partition coefficient (Wildman–Crippen LogP) is 4.55. The van der Waals surface area contributed by atoms with Crippen LogP contribution in [0.25, 0.3) is 11.1 Å². The van der Waals surface area contributed by atoms with E-state index >= 15 is 0 Å². The third-order valence-electron chi connectivity index (χ3n) is 2.38. The van der Waals surface area contributed by atoms with Crippen molar-refractivity contribution in [2.45, 2.75) is 0 Å². The fraction of sp³-hybridized carbons (Fsp3) is 0. The molecule has 0 aliphatic carbocycles. The van der Waals surface area contributed by atoms with E-state index in [4.69, 9.17) is 39.9 Å². The molecular formula is C12H5Cl3FNO2. The molecule has 1 heterocycles. The maximum Gasteiger partial charge on any atom is 0.337 e. The Morgan fingerprint density at radius 2 is 1.74 bits per heavy atom. The molecule has 0 fully saturated rings. The number of aromatic carboxylic acids is 1. The molecule has 1 aromatic heterocycles. The molecule has 0 aliphatic rings. The molecule has 0 amide bonds. The first-order valence-corrected chi connectivity index (χ1v) is 6.07. The molecule has 0 saturated carbocycles. The monoisotopic (exact) mass is 319 g/mol. The molecule has 2 rings (SSSR count). The molecule has 0 saturated heterocycles. The third-order valence-corrected chi connectivity index (χ3v) is 3.58. The van der Waals surface area contributed by atoms with Gasteiger partial charge in [-0.1, -0.05) is 34.8 Å². The lowest BCUT2D eigenvalue weighted by molar-refractivity contribution is 0.0696. The fourth-order valence-electron chi connectivity index (χ4n) is 1.48. The average molecular weight is 321 g/mol. The second-order valence-corrected chi connectivity index (χ2v) is 4.81. The molecule has 1 N–H and O–H groups in total. The van der Waals surface area contributed by atoms with Crippen LogP contribution in [-0.4, -0.2) is 16.1 Å². The molecule has 0 radical (unpaired) electrons. The van der Waals surface area contributed by atoms with Gasteiger partial charge in [0.1, 0.15) is 0 Å². The van der Waals surface area contributed by atoms with Crippen LogP contribution >= 0.6 is 34.8 Å². The summed E-state index contributed by atoms with van der Waals surface area (Å²) in [5, 5.41) is 9.30. The van der Waals surface area contributed by atoms with E-state index in [-0.39, 0.29) is 26.2 Å². The topological polar surface area (TPSA) is 50.2 Å². The summed E-state index contributed by atoms with van der Waals surface area (Å²) in [5.74, 6) is -2.03. The van der Waals surface area contributed by atoms with Gasteiger partial charge in [-0.05, 0) is 23.8 Å². The summed E-state index contributed by atoms with van der Waals surface area (Å²) in [4.78, 5) is 14.2. The van der Waals surface area contributed by atoms with Crippen LogP contribution in [0.4, 0.5) is 4.39 Å². The van der Waals surface area contributed by atoms with Gasteiger partial charge in [-0.3, -0.25) is 0 Å². The second kappa shape index (κ2) is 5.33. The molecule has 1 aromatic carbocycles. The zero-order chi connectivity index (χ0) is 14.2. The van der Waals surface area contributed by atoms with Crippen LogP contribution in [0.15, 0.2) is 24.4 Å². The van der Waals surface area contributed by atoms with Gasteiger partial charge in [0.05, 0.1) is 20.6 Å². The van der Waals surface area contributed by atoms with Gasteiger partial charge in [-0.2, -0.15) is 4.39 Å². The first-order valence-electron chi connectivity index (χ1n) is 4.94. The quantitative estimate of drug-likeness (QED) is 0.652. The van der Waals surface area contributed by atoms with Gasteiger partial charge in [-0.15, -0.1) is 0 Å². The van der Waals surface area contributed by atoms with Crippen molar-refractivity contribution < 1.29 is 14.3 Å². The lowest BCUT2D eigenvalue weighted by Crippen LogP contribution is -2.00. The Kier molecular flexibility index (Phi) is 3.94. The zero-order valence-electron chi connectivity index (χ0n) is 9.12. The van der Waals surface area contributed by atoms with Crippen molar-refractivity contribution in [3.63, 3.8) is 0 Å². The standard InChI is InChI=1S/C12H5Cl3FNO2/c13-8-2-5(3-9(14)10(8)15)7-1-6(12(18)19)4-17-11(7)16/h1-4H,(H,18,19). The predicted molar refractivity (Wildman–Crippen MR) is 71.6 cm³/mol. The van der Waals surface area contributed by atoms with Gasteiger partial charge in [0.25, 0.3) is 0 Å². The van der Waals surface area contributed by atoms with Gasteiger partial charge in [0.2, 0.25) is 5.95 Å². The highest BCUT2D eigenvalue weighted by Crippen LogP contribution is 2.35. The third kappa shape index (κ3) is 2.81. The van der Waals surface area contributed by atoms with Crippen LogP contribution in [-0.2, 0) is 0 Å². The lowest BCUT2D eigenvalue weighted by Gasteiger charge is -2.07. The van der Waals surface area contributed by atoms with E-state index in [0.717, 1.165) is 12.3 Å². The number of hydrogen-bond donors (Lipinski definition) is 1. The van der Waals surface area contributed by atoms with Crippen molar-refractivity contribution in [3.05, 3.63) is 51.0 Å². The minimum Gasteiger partial charge on any atom is -0.478 e. The SMILES string of the molecule is O=C(O)c1cnc(F)c(-c2cc(Cl)c(Cl)c(Cl)c2)c1. The summed E-state index contributed by atoms with van der Waals surface area (Å²) in [6.07, 6.45) is 0.931. The molecule has 3 nitrogen and oxygen atoms in total. The summed E-state index contributed by atoms with van der Waals surface area (Å²) in [6.45, 7) is 0. The number of carbonyl (C=O) groups is 1. The van der Waals surface area contributed by atoms with Crippen LogP contribution in [0.5, 0.6) is 0 Å². The maximum atomic E-state index is 13.7. The highest BCUT2D eigenvalue weighted by Gasteiger charge is 2.14.